The van der Waals surface area contributed by atoms with Crippen LogP contribution in [0.25, 0.3) is 55.8 Å². The highest BCUT2D eigenvalue weighted by Gasteiger charge is 2.15. The molecule has 30 heavy (non-hydrogen) atoms. The van der Waals surface area contributed by atoms with Crippen LogP contribution in [-0.4, -0.2) is 40.1 Å². The average molecular weight is 390 g/mol. The van der Waals surface area contributed by atoms with E-state index in [2.05, 4.69) is 46.2 Å². The fourth-order valence-corrected chi connectivity index (χ4v) is 3.61. The van der Waals surface area contributed by atoms with Crippen molar-refractivity contribution in [2.75, 3.05) is 0 Å². The van der Waals surface area contributed by atoms with Crippen LogP contribution in [0.5, 0.6) is 0 Å². The number of fused-ring (bicyclic) bond motifs is 2. The molecule has 0 aliphatic heterocycles. The van der Waals surface area contributed by atoms with E-state index in [0.29, 0.717) is 5.65 Å². The van der Waals surface area contributed by atoms with Crippen LogP contribution in [0.1, 0.15) is 0 Å². The van der Waals surface area contributed by atoms with Crippen molar-refractivity contribution in [3.05, 3.63) is 73.7 Å². The Morgan fingerprint density at radius 2 is 1.70 bits per heavy atom. The van der Waals surface area contributed by atoms with Crippen molar-refractivity contribution in [2.24, 2.45) is 0 Å². The second-order valence-electron chi connectivity index (χ2n) is 6.83. The molecule has 0 saturated carbocycles. The fourth-order valence-electron chi connectivity index (χ4n) is 3.61. The number of hydrogen-bond donors (Lipinski definition) is 2. The molecule has 6 aromatic heterocycles. The van der Waals surface area contributed by atoms with E-state index < -0.39 is 0 Å². The molecule has 0 saturated heterocycles. The Morgan fingerprint density at radius 3 is 2.57 bits per heavy atom. The van der Waals surface area contributed by atoms with E-state index in [9.17, 15) is 0 Å². The van der Waals surface area contributed by atoms with Crippen LogP contribution in [0.3, 0.4) is 0 Å². The zero-order valence-electron chi connectivity index (χ0n) is 15.6. The van der Waals surface area contributed by atoms with Gasteiger partial charge in [0.05, 0.1) is 29.0 Å². The molecule has 0 radical (unpaired) electrons. The van der Waals surface area contributed by atoms with Gasteiger partial charge in [0.1, 0.15) is 0 Å². The third-order valence-electron chi connectivity index (χ3n) is 5.02. The van der Waals surface area contributed by atoms with E-state index >= 15 is 0 Å². The highest BCUT2D eigenvalue weighted by Crippen LogP contribution is 2.33. The van der Waals surface area contributed by atoms with Gasteiger partial charge in [-0.05, 0) is 30.3 Å². The third kappa shape index (κ3) is 2.62. The van der Waals surface area contributed by atoms with E-state index in [1.807, 2.05) is 30.5 Å². The molecule has 0 amide bonds. The van der Waals surface area contributed by atoms with Gasteiger partial charge in [-0.3, -0.25) is 25.0 Å². The topological polar surface area (TPSA) is 109 Å². The van der Waals surface area contributed by atoms with Gasteiger partial charge in [0, 0.05) is 64.6 Å². The summed E-state index contributed by atoms with van der Waals surface area (Å²) in [6.45, 7) is 0. The Morgan fingerprint density at radius 1 is 0.733 bits per heavy atom. The standard InChI is InChI=1S/C22H14N8/c1-2-13(10-23-4-1)20-15-9-18(28-17(15)3-5-26-20)21-16-8-14(11-27-22(16)30-29-21)19-12-24-6-7-25-19/h1-12,28H,(H,27,29,30). The molecule has 2 N–H and O–H groups in total. The summed E-state index contributed by atoms with van der Waals surface area (Å²) in [4.78, 5) is 25.3. The van der Waals surface area contributed by atoms with Gasteiger partial charge in [-0.2, -0.15) is 5.10 Å². The summed E-state index contributed by atoms with van der Waals surface area (Å²) in [5, 5.41) is 9.40. The van der Waals surface area contributed by atoms with Crippen LogP contribution >= 0.6 is 0 Å². The highest BCUT2D eigenvalue weighted by molar-refractivity contribution is 5.99. The second kappa shape index (κ2) is 6.56. The second-order valence-corrected chi connectivity index (χ2v) is 6.83. The molecule has 0 aliphatic carbocycles. The zero-order chi connectivity index (χ0) is 19.9. The summed E-state index contributed by atoms with van der Waals surface area (Å²) in [5.74, 6) is 0. The molecule has 0 unspecified atom stereocenters. The van der Waals surface area contributed by atoms with Crippen LogP contribution in [0.4, 0.5) is 0 Å². The smallest absolute Gasteiger partial charge is 0.181 e. The monoisotopic (exact) mass is 390 g/mol. The molecule has 6 heterocycles. The van der Waals surface area contributed by atoms with Gasteiger partial charge in [-0.25, -0.2) is 4.98 Å². The van der Waals surface area contributed by atoms with Crippen molar-refractivity contribution in [1.82, 2.24) is 40.1 Å². The highest BCUT2D eigenvalue weighted by atomic mass is 15.2. The average Bonchev–Trinajstić information content (AvgIpc) is 3.43. The Kier molecular flexibility index (Phi) is 3.60. The van der Waals surface area contributed by atoms with Crippen molar-refractivity contribution in [3.8, 4) is 33.9 Å². The van der Waals surface area contributed by atoms with Gasteiger partial charge >= 0.3 is 0 Å². The Hall–Kier alpha value is -4.46. The molecule has 6 rings (SSSR count). The van der Waals surface area contributed by atoms with E-state index in [1.165, 1.54) is 0 Å². The number of aromatic nitrogens is 8. The summed E-state index contributed by atoms with van der Waals surface area (Å²) < 4.78 is 0. The van der Waals surface area contributed by atoms with Crippen LogP contribution < -0.4 is 0 Å². The summed E-state index contributed by atoms with van der Waals surface area (Å²) in [5.41, 5.74) is 6.88. The number of rotatable bonds is 3. The van der Waals surface area contributed by atoms with Gasteiger partial charge in [0.25, 0.3) is 0 Å². The summed E-state index contributed by atoms with van der Waals surface area (Å²) in [6, 6.07) is 9.97. The van der Waals surface area contributed by atoms with E-state index in [4.69, 9.17) is 0 Å². The SMILES string of the molecule is c1cncc(-c2nccc3[nH]c(-c4[nH]nc5ncc(-c6cnccn6)cc45)cc23)c1. The molecular formula is C22H14N8. The predicted molar refractivity (Wildman–Crippen MR) is 113 cm³/mol. The minimum atomic E-state index is 0.641. The molecule has 0 spiro atoms. The number of H-pyrrole nitrogens is 2. The lowest BCUT2D eigenvalue weighted by atomic mass is 10.1. The Bertz CT molecular complexity index is 1490. The van der Waals surface area contributed by atoms with Crippen LogP contribution in [-0.2, 0) is 0 Å². The largest absolute Gasteiger partial charge is 0.353 e. The first kappa shape index (κ1) is 16.5. The van der Waals surface area contributed by atoms with Gasteiger partial charge in [-0.1, -0.05) is 0 Å². The number of hydrogen-bond acceptors (Lipinski definition) is 6. The van der Waals surface area contributed by atoms with Gasteiger partial charge in [-0.15, -0.1) is 0 Å². The van der Waals surface area contributed by atoms with Crippen molar-refractivity contribution in [2.45, 2.75) is 0 Å². The van der Waals surface area contributed by atoms with Gasteiger partial charge in [0.2, 0.25) is 0 Å². The first-order valence-corrected chi connectivity index (χ1v) is 9.36. The summed E-state index contributed by atoms with van der Waals surface area (Å²) >= 11 is 0. The molecule has 6 aromatic rings. The van der Waals surface area contributed by atoms with E-state index in [1.54, 1.807) is 37.2 Å². The Balaban J connectivity index is 1.52. The first-order valence-electron chi connectivity index (χ1n) is 9.36. The van der Waals surface area contributed by atoms with Crippen LogP contribution in [0.15, 0.2) is 73.7 Å². The number of pyridine rings is 3. The van der Waals surface area contributed by atoms with Crippen LogP contribution in [0.2, 0.25) is 0 Å². The van der Waals surface area contributed by atoms with E-state index in [-0.39, 0.29) is 0 Å². The molecule has 0 bridgehead atoms. The quantitative estimate of drug-likeness (QED) is 0.472. The van der Waals surface area contributed by atoms with E-state index in [0.717, 1.165) is 50.2 Å². The zero-order valence-corrected chi connectivity index (χ0v) is 15.6. The molecule has 0 aromatic carbocycles. The molecule has 0 atom stereocenters. The molecule has 8 nitrogen and oxygen atoms in total. The minimum Gasteiger partial charge on any atom is -0.353 e. The third-order valence-corrected chi connectivity index (χ3v) is 5.02. The number of nitrogens with zero attached hydrogens (tertiary/aromatic N) is 6. The van der Waals surface area contributed by atoms with Gasteiger partial charge < -0.3 is 4.98 Å². The predicted octanol–water partition coefficient (Wildman–Crippen LogP) is 4.02. The summed E-state index contributed by atoms with van der Waals surface area (Å²) in [7, 11) is 0. The lowest BCUT2D eigenvalue weighted by Crippen LogP contribution is -1.86. The molecule has 142 valence electrons. The molecule has 0 fully saturated rings. The number of aromatic amines is 2. The van der Waals surface area contributed by atoms with Crippen molar-refractivity contribution in [1.29, 1.82) is 0 Å². The molecular weight excluding hydrogens is 376 g/mol. The van der Waals surface area contributed by atoms with Crippen LogP contribution in [0, 0.1) is 0 Å². The molecule has 8 heteroatoms. The first-order chi connectivity index (χ1) is 14.9. The summed E-state index contributed by atoms with van der Waals surface area (Å²) in [6.07, 6.45) is 12.2. The lowest BCUT2D eigenvalue weighted by molar-refractivity contribution is 1.10. The molecule has 0 aliphatic rings. The number of nitrogens with one attached hydrogen (secondary N) is 2. The maximum absolute atomic E-state index is 4.57. The Labute approximate surface area is 170 Å². The minimum absolute atomic E-state index is 0.641. The van der Waals surface area contributed by atoms with Crippen molar-refractivity contribution < 1.29 is 0 Å². The van der Waals surface area contributed by atoms with Gasteiger partial charge in [0.15, 0.2) is 5.65 Å². The van der Waals surface area contributed by atoms with Crippen molar-refractivity contribution in [3.63, 3.8) is 0 Å². The maximum atomic E-state index is 4.57. The normalized spacial score (nSPS) is 11.3. The maximum Gasteiger partial charge on any atom is 0.181 e. The fraction of sp³-hybridized carbons (Fsp3) is 0. The van der Waals surface area contributed by atoms with Crippen molar-refractivity contribution >= 4 is 21.9 Å². The lowest BCUT2D eigenvalue weighted by Gasteiger charge is -2.00.